The van der Waals surface area contributed by atoms with Gasteiger partial charge in [-0.15, -0.1) is 0 Å². The number of rotatable bonds is 5. The van der Waals surface area contributed by atoms with Gasteiger partial charge in [-0.3, -0.25) is 9.78 Å². The quantitative estimate of drug-likeness (QED) is 0.849. The van der Waals surface area contributed by atoms with Crippen LogP contribution in [-0.2, 0) is 6.54 Å². The van der Waals surface area contributed by atoms with Crippen molar-refractivity contribution in [2.24, 2.45) is 5.73 Å². The van der Waals surface area contributed by atoms with Crippen molar-refractivity contribution in [3.8, 4) is 0 Å². The number of aromatic nitrogens is 3. The van der Waals surface area contributed by atoms with Gasteiger partial charge in [-0.1, -0.05) is 6.07 Å². The van der Waals surface area contributed by atoms with Gasteiger partial charge in [0.05, 0.1) is 5.69 Å². The van der Waals surface area contributed by atoms with Crippen LogP contribution in [0.25, 0.3) is 0 Å². The van der Waals surface area contributed by atoms with Crippen molar-refractivity contribution in [1.29, 1.82) is 0 Å². The largest absolute Gasteiger partial charge is 0.363 e. The summed E-state index contributed by atoms with van der Waals surface area (Å²) in [5.74, 6) is 0.291. The van der Waals surface area contributed by atoms with Crippen molar-refractivity contribution in [2.75, 3.05) is 18.0 Å². The molecular weight excluding hydrogens is 304 g/mol. The molecule has 0 aromatic carbocycles. The smallest absolute Gasteiger partial charge is 0.286 e. The van der Waals surface area contributed by atoms with E-state index in [1.165, 1.54) is 0 Å². The highest BCUT2D eigenvalue weighted by Crippen LogP contribution is 2.24. The zero-order valence-electron chi connectivity index (χ0n) is 14.0. The molecule has 1 saturated heterocycles. The summed E-state index contributed by atoms with van der Waals surface area (Å²) in [4.78, 5) is 26.5. The van der Waals surface area contributed by atoms with Gasteiger partial charge < -0.3 is 16.0 Å². The number of amides is 1. The Kier molecular flexibility index (Phi) is 4.71. The Bertz CT molecular complexity index is 733. The number of nitrogens with one attached hydrogen (secondary N) is 1. The fourth-order valence-electron chi connectivity index (χ4n) is 2.90. The van der Waals surface area contributed by atoms with Gasteiger partial charge in [-0.25, -0.2) is 9.97 Å². The second kappa shape index (κ2) is 6.92. The number of carbonyl (C=O) groups excluding carboxylic acids is 1. The van der Waals surface area contributed by atoms with Crippen LogP contribution in [0.15, 0.2) is 24.4 Å². The zero-order chi connectivity index (χ0) is 17.1. The zero-order valence-corrected chi connectivity index (χ0v) is 14.0. The van der Waals surface area contributed by atoms with Crippen molar-refractivity contribution in [2.45, 2.75) is 32.9 Å². The molecule has 3 heterocycles. The Labute approximate surface area is 141 Å². The summed E-state index contributed by atoms with van der Waals surface area (Å²) in [6, 6.07) is 6.27. The van der Waals surface area contributed by atoms with E-state index < -0.39 is 5.91 Å². The third-order valence-corrected chi connectivity index (χ3v) is 4.37. The van der Waals surface area contributed by atoms with Crippen LogP contribution >= 0.6 is 0 Å². The maximum Gasteiger partial charge on any atom is 0.286 e. The fraction of sp³-hybridized carbons (Fsp3) is 0.412. The molecule has 1 aliphatic rings. The lowest BCUT2D eigenvalue weighted by Gasteiger charge is -2.21. The minimum Gasteiger partial charge on any atom is -0.363 e. The molecule has 0 radical (unpaired) electrons. The van der Waals surface area contributed by atoms with Gasteiger partial charge in [0.1, 0.15) is 5.82 Å². The fourth-order valence-corrected chi connectivity index (χ4v) is 2.90. The third kappa shape index (κ3) is 3.51. The third-order valence-electron chi connectivity index (χ3n) is 4.37. The SMILES string of the molecule is Cc1nc(C(N)=O)nc(N2CC[C@@H](NCc3ccccn3)C2)c1C. The van der Waals surface area contributed by atoms with Crippen LogP contribution in [0.5, 0.6) is 0 Å². The monoisotopic (exact) mass is 326 g/mol. The summed E-state index contributed by atoms with van der Waals surface area (Å²) >= 11 is 0. The van der Waals surface area contributed by atoms with E-state index in [-0.39, 0.29) is 5.82 Å². The number of anilines is 1. The van der Waals surface area contributed by atoms with E-state index in [1.54, 1.807) is 6.20 Å². The van der Waals surface area contributed by atoms with E-state index in [0.29, 0.717) is 6.04 Å². The van der Waals surface area contributed by atoms with Gasteiger partial charge >= 0.3 is 0 Å². The van der Waals surface area contributed by atoms with Gasteiger partial charge in [0.2, 0.25) is 5.82 Å². The van der Waals surface area contributed by atoms with Crippen molar-refractivity contribution >= 4 is 11.7 Å². The number of aryl methyl sites for hydroxylation is 1. The van der Waals surface area contributed by atoms with E-state index >= 15 is 0 Å². The second-order valence-corrected chi connectivity index (χ2v) is 6.08. The van der Waals surface area contributed by atoms with Gasteiger partial charge in [-0.05, 0) is 32.4 Å². The molecule has 1 atom stereocenters. The first-order chi connectivity index (χ1) is 11.5. The number of nitrogens with zero attached hydrogens (tertiary/aromatic N) is 4. The molecular formula is C17H22N6O. The molecule has 1 fully saturated rings. The molecule has 7 heteroatoms. The topological polar surface area (TPSA) is 97.0 Å². The van der Waals surface area contributed by atoms with Crippen LogP contribution in [0.3, 0.4) is 0 Å². The van der Waals surface area contributed by atoms with E-state index in [1.807, 2.05) is 32.0 Å². The molecule has 0 bridgehead atoms. The number of pyridine rings is 1. The first-order valence-electron chi connectivity index (χ1n) is 8.08. The lowest BCUT2D eigenvalue weighted by atomic mass is 10.2. The molecule has 0 spiro atoms. The van der Waals surface area contributed by atoms with Gasteiger partial charge in [0, 0.05) is 43.1 Å². The molecule has 1 aliphatic heterocycles. The highest BCUT2D eigenvalue weighted by atomic mass is 16.1. The summed E-state index contributed by atoms with van der Waals surface area (Å²) in [6.45, 7) is 6.31. The van der Waals surface area contributed by atoms with Gasteiger partial charge in [0.15, 0.2) is 0 Å². The minimum atomic E-state index is -0.594. The Morgan fingerprint density at radius 3 is 2.92 bits per heavy atom. The molecule has 24 heavy (non-hydrogen) atoms. The normalized spacial score (nSPS) is 17.2. The highest BCUT2D eigenvalue weighted by Gasteiger charge is 2.26. The van der Waals surface area contributed by atoms with E-state index in [9.17, 15) is 4.79 Å². The lowest BCUT2D eigenvalue weighted by molar-refractivity contribution is 0.0990. The number of primary amides is 1. The maximum absolute atomic E-state index is 11.4. The molecule has 2 aromatic heterocycles. The second-order valence-electron chi connectivity index (χ2n) is 6.08. The standard InChI is InChI=1S/C17H22N6O/c1-11-12(2)21-16(15(18)24)22-17(11)23-8-6-14(10-23)20-9-13-5-3-4-7-19-13/h3-5,7,14,20H,6,8-10H2,1-2H3,(H2,18,24)/t14-/m1/s1. The summed E-state index contributed by atoms with van der Waals surface area (Å²) < 4.78 is 0. The van der Waals surface area contributed by atoms with Crippen molar-refractivity contribution in [3.63, 3.8) is 0 Å². The number of hydrogen-bond donors (Lipinski definition) is 2. The number of nitrogens with two attached hydrogens (primary N) is 1. The average Bonchev–Trinajstić information content (AvgIpc) is 3.05. The maximum atomic E-state index is 11.4. The first kappa shape index (κ1) is 16.3. The number of hydrogen-bond acceptors (Lipinski definition) is 6. The van der Waals surface area contributed by atoms with Crippen LogP contribution in [0, 0.1) is 13.8 Å². The van der Waals surface area contributed by atoms with Crippen LogP contribution in [-0.4, -0.2) is 40.0 Å². The highest BCUT2D eigenvalue weighted by molar-refractivity contribution is 5.89. The first-order valence-corrected chi connectivity index (χ1v) is 8.08. The Hall–Kier alpha value is -2.54. The summed E-state index contributed by atoms with van der Waals surface area (Å²) in [6.07, 6.45) is 2.82. The molecule has 2 aromatic rings. The molecule has 126 valence electrons. The minimum absolute atomic E-state index is 0.0815. The molecule has 0 unspecified atom stereocenters. The molecule has 0 aliphatic carbocycles. The van der Waals surface area contributed by atoms with Crippen molar-refractivity contribution in [3.05, 3.63) is 47.2 Å². The van der Waals surface area contributed by atoms with Crippen LogP contribution in [0.1, 0.15) is 34.0 Å². The Balaban J connectivity index is 1.68. The summed E-state index contributed by atoms with van der Waals surface area (Å²) in [5.41, 5.74) is 8.15. The van der Waals surface area contributed by atoms with Crippen molar-refractivity contribution < 1.29 is 4.79 Å². The molecule has 1 amide bonds. The van der Waals surface area contributed by atoms with E-state index in [4.69, 9.17) is 5.73 Å². The average molecular weight is 326 g/mol. The lowest BCUT2D eigenvalue weighted by Crippen LogP contribution is -2.33. The van der Waals surface area contributed by atoms with Crippen LogP contribution in [0.2, 0.25) is 0 Å². The predicted molar refractivity (Wildman–Crippen MR) is 91.7 cm³/mol. The summed E-state index contributed by atoms with van der Waals surface area (Å²) in [5, 5.41) is 3.53. The predicted octanol–water partition coefficient (Wildman–Crippen LogP) is 0.956. The Morgan fingerprint density at radius 2 is 2.21 bits per heavy atom. The molecule has 7 nitrogen and oxygen atoms in total. The molecule has 3 N–H and O–H groups in total. The van der Waals surface area contributed by atoms with Crippen LogP contribution in [0.4, 0.5) is 5.82 Å². The van der Waals surface area contributed by atoms with Crippen LogP contribution < -0.4 is 16.0 Å². The van der Waals surface area contributed by atoms with E-state index in [0.717, 1.165) is 48.8 Å². The van der Waals surface area contributed by atoms with Gasteiger partial charge in [-0.2, -0.15) is 0 Å². The Morgan fingerprint density at radius 1 is 1.38 bits per heavy atom. The van der Waals surface area contributed by atoms with Gasteiger partial charge in [0.25, 0.3) is 5.91 Å². The molecule has 0 saturated carbocycles. The summed E-state index contributed by atoms with van der Waals surface area (Å²) in [7, 11) is 0. The molecule has 3 rings (SSSR count). The van der Waals surface area contributed by atoms with Crippen molar-refractivity contribution in [1.82, 2.24) is 20.3 Å². The number of carbonyl (C=O) groups is 1. The van der Waals surface area contributed by atoms with E-state index in [2.05, 4.69) is 25.2 Å².